The molecule has 1 fully saturated rings. The number of carbonyl (C=O) groups is 1. The van der Waals surface area contributed by atoms with E-state index < -0.39 is 0 Å². The molecule has 0 amide bonds. The first-order chi connectivity index (χ1) is 18.7. The minimum Gasteiger partial charge on any atom is -0.481 e. The lowest BCUT2D eigenvalue weighted by Crippen LogP contribution is -2.37. The van der Waals surface area contributed by atoms with Crippen molar-refractivity contribution in [3.63, 3.8) is 0 Å². The second-order valence-electron chi connectivity index (χ2n) is 8.75. The lowest BCUT2D eigenvalue weighted by atomic mass is 10.2. The Morgan fingerprint density at radius 2 is 1.87 bits per heavy atom. The van der Waals surface area contributed by atoms with E-state index in [4.69, 9.17) is 24.4 Å². The minimum atomic E-state index is -0.235. The minimum absolute atomic E-state index is 0.235. The van der Waals surface area contributed by atoms with Crippen LogP contribution in [0.2, 0.25) is 0 Å². The van der Waals surface area contributed by atoms with E-state index in [1.807, 2.05) is 18.2 Å². The van der Waals surface area contributed by atoms with Gasteiger partial charge in [-0.25, -0.2) is 19.9 Å². The Morgan fingerprint density at radius 1 is 1.05 bits per heavy atom. The Hall–Kier alpha value is -3.76. The molecule has 0 N–H and O–H groups in total. The molecule has 0 bridgehead atoms. The van der Waals surface area contributed by atoms with Gasteiger partial charge in [-0.3, -0.25) is 4.79 Å². The average Bonchev–Trinajstić information content (AvgIpc) is 3.32. The monoisotopic (exact) mass is 530 g/mol. The topological polar surface area (TPSA) is 95.3 Å². The standard InChI is InChI=1S/C28H30N6O3S/c1-3-18-38-28-31-26(33-14-16-37-17-15-33)25-27(32-28)34(19-20-8-5-4-6-9-20)23(30-25)13-12-22(35)21-10-7-11-24(29-21)36-2/h4-13H,3,14-19H2,1-2H3/b13-12+. The average molecular weight is 531 g/mol. The molecule has 0 atom stereocenters. The van der Waals surface area contributed by atoms with Crippen LogP contribution < -0.4 is 9.64 Å². The summed E-state index contributed by atoms with van der Waals surface area (Å²) in [6.07, 6.45) is 4.26. The summed E-state index contributed by atoms with van der Waals surface area (Å²) in [5, 5.41) is 0.724. The molecular weight excluding hydrogens is 500 g/mol. The molecule has 1 aliphatic heterocycles. The molecule has 9 nitrogen and oxygen atoms in total. The number of anilines is 1. The van der Waals surface area contributed by atoms with Gasteiger partial charge in [0.15, 0.2) is 22.1 Å². The molecule has 0 unspecified atom stereocenters. The van der Waals surface area contributed by atoms with Crippen LogP contribution in [0.4, 0.5) is 5.82 Å². The summed E-state index contributed by atoms with van der Waals surface area (Å²) in [5.41, 5.74) is 2.88. The van der Waals surface area contributed by atoms with Gasteiger partial charge in [0.1, 0.15) is 11.5 Å². The first kappa shape index (κ1) is 25.9. The zero-order chi connectivity index (χ0) is 26.3. The van der Waals surface area contributed by atoms with Gasteiger partial charge in [0, 0.05) is 24.9 Å². The van der Waals surface area contributed by atoms with Crippen LogP contribution >= 0.6 is 11.8 Å². The molecule has 0 aliphatic carbocycles. The van der Waals surface area contributed by atoms with Crippen molar-refractivity contribution < 1.29 is 14.3 Å². The van der Waals surface area contributed by atoms with E-state index in [9.17, 15) is 4.79 Å². The van der Waals surface area contributed by atoms with Crippen molar-refractivity contribution in [3.8, 4) is 5.88 Å². The van der Waals surface area contributed by atoms with E-state index >= 15 is 0 Å². The number of ketones is 1. The highest BCUT2D eigenvalue weighted by Crippen LogP contribution is 2.29. The number of benzene rings is 1. The lowest BCUT2D eigenvalue weighted by molar-refractivity contribution is 0.104. The fourth-order valence-electron chi connectivity index (χ4n) is 4.19. The van der Waals surface area contributed by atoms with Crippen LogP contribution in [0.25, 0.3) is 17.2 Å². The SMILES string of the molecule is CCCSc1nc(N2CCOCC2)c2nc(/C=C/C(=O)c3cccc(OC)n3)n(Cc3ccccc3)c2n1. The summed E-state index contributed by atoms with van der Waals surface area (Å²) in [5.74, 6) is 2.51. The number of allylic oxidation sites excluding steroid dienone is 1. The maximum absolute atomic E-state index is 13.0. The number of rotatable bonds is 10. The zero-order valence-corrected chi connectivity index (χ0v) is 22.4. The summed E-state index contributed by atoms with van der Waals surface area (Å²) in [6, 6.07) is 15.3. The van der Waals surface area contributed by atoms with E-state index in [-0.39, 0.29) is 5.78 Å². The Kier molecular flexibility index (Phi) is 8.30. The molecule has 10 heteroatoms. The number of hydrogen-bond acceptors (Lipinski definition) is 9. The molecule has 5 rings (SSSR count). The van der Waals surface area contributed by atoms with Crippen molar-refractivity contribution in [1.29, 1.82) is 0 Å². The summed E-state index contributed by atoms with van der Waals surface area (Å²) >= 11 is 1.64. The molecule has 0 spiro atoms. The van der Waals surface area contributed by atoms with Crippen LogP contribution in [0, 0.1) is 0 Å². The highest BCUT2D eigenvalue weighted by atomic mass is 32.2. The van der Waals surface area contributed by atoms with Crippen LogP contribution in [0.5, 0.6) is 5.88 Å². The number of morpholine rings is 1. The van der Waals surface area contributed by atoms with Crippen LogP contribution in [0.1, 0.15) is 35.2 Å². The maximum atomic E-state index is 13.0. The Labute approximate surface area is 225 Å². The van der Waals surface area contributed by atoms with Gasteiger partial charge in [-0.15, -0.1) is 0 Å². The Balaban J connectivity index is 1.61. The normalized spacial score (nSPS) is 13.9. The van der Waals surface area contributed by atoms with E-state index in [1.165, 1.54) is 13.2 Å². The van der Waals surface area contributed by atoms with Crippen molar-refractivity contribution in [1.82, 2.24) is 24.5 Å². The van der Waals surface area contributed by atoms with Crippen LogP contribution in [-0.4, -0.2) is 69.5 Å². The third-order valence-corrected chi connectivity index (χ3v) is 7.14. The molecule has 0 saturated carbocycles. The van der Waals surface area contributed by atoms with E-state index in [0.29, 0.717) is 37.2 Å². The lowest BCUT2D eigenvalue weighted by Gasteiger charge is -2.28. The molecule has 3 aromatic heterocycles. The number of thioether (sulfide) groups is 1. The van der Waals surface area contributed by atoms with Crippen molar-refractivity contribution in [2.24, 2.45) is 0 Å². The number of hydrogen-bond donors (Lipinski definition) is 0. The first-order valence-electron chi connectivity index (χ1n) is 12.7. The zero-order valence-electron chi connectivity index (χ0n) is 21.5. The van der Waals surface area contributed by atoms with Crippen molar-refractivity contribution in [2.45, 2.75) is 25.0 Å². The fourth-order valence-corrected chi connectivity index (χ4v) is 4.88. The van der Waals surface area contributed by atoms with Gasteiger partial charge in [-0.2, -0.15) is 0 Å². The third kappa shape index (κ3) is 5.87. The van der Waals surface area contributed by atoms with Crippen molar-refractivity contribution in [3.05, 3.63) is 71.7 Å². The summed E-state index contributed by atoms with van der Waals surface area (Å²) in [6.45, 7) is 5.46. The van der Waals surface area contributed by atoms with Gasteiger partial charge in [0.25, 0.3) is 0 Å². The molecule has 196 valence electrons. The number of aromatic nitrogens is 5. The van der Waals surface area contributed by atoms with E-state index in [1.54, 1.807) is 36.0 Å². The summed E-state index contributed by atoms with van der Waals surface area (Å²) < 4.78 is 12.8. The van der Waals surface area contributed by atoms with E-state index in [2.05, 4.69) is 33.5 Å². The quantitative estimate of drug-likeness (QED) is 0.127. The van der Waals surface area contributed by atoms with Gasteiger partial charge < -0.3 is 18.9 Å². The molecule has 1 aliphatic rings. The first-order valence-corrected chi connectivity index (χ1v) is 13.7. The van der Waals surface area contributed by atoms with Crippen LogP contribution in [0.15, 0.2) is 59.8 Å². The predicted octanol–water partition coefficient (Wildman–Crippen LogP) is 4.51. The second-order valence-corrected chi connectivity index (χ2v) is 9.82. The number of nitrogens with zero attached hydrogens (tertiary/aromatic N) is 6. The molecule has 1 aromatic carbocycles. The largest absolute Gasteiger partial charge is 0.481 e. The van der Waals surface area contributed by atoms with Gasteiger partial charge in [-0.1, -0.05) is 55.1 Å². The van der Waals surface area contributed by atoms with Gasteiger partial charge in [0.2, 0.25) is 11.7 Å². The number of methoxy groups -OCH3 is 1. The molecule has 0 radical (unpaired) electrons. The Morgan fingerprint density at radius 3 is 2.63 bits per heavy atom. The highest BCUT2D eigenvalue weighted by molar-refractivity contribution is 7.99. The molecule has 38 heavy (non-hydrogen) atoms. The highest BCUT2D eigenvalue weighted by Gasteiger charge is 2.23. The van der Waals surface area contributed by atoms with Crippen molar-refractivity contribution in [2.75, 3.05) is 44.1 Å². The van der Waals surface area contributed by atoms with E-state index in [0.717, 1.165) is 53.0 Å². The number of imidazole rings is 1. The Bertz CT molecular complexity index is 1430. The van der Waals surface area contributed by atoms with Gasteiger partial charge >= 0.3 is 0 Å². The second kappa shape index (κ2) is 12.2. The smallest absolute Gasteiger partial charge is 0.213 e. The number of carbonyl (C=O) groups excluding carboxylic acids is 1. The van der Waals surface area contributed by atoms with Crippen LogP contribution in [0.3, 0.4) is 0 Å². The molecular formula is C28H30N6O3S. The number of fused-ring (bicyclic) bond motifs is 1. The number of ether oxygens (including phenoxy) is 2. The predicted molar refractivity (Wildman–Crippen MR) is 149 cm³/mol. The molecule has 4 heterocycles. The van der Waals surface area contributed by atoms with Crippen LogP contribution in [-0.2, 0) is 11.3 Å². The summed E-state index contributed by atoms with van der Waals surface area (Å²) in [7, 11) is 1.53. The van der Waals surface area contributed by atoms with Crippen molar-refractivity contribution >= 4 is 40.6 Å². The van der Waals surface area contributed by atoms with Gasteiger partial charge in [0.05, 0.1) is 26.9 Å². The van der Waals surface area contributed by atoms with Gasteiger partial charge in [-0.05, 0) is 30.2 Å². The number of pyridine rings is 1. The molecule has 1 saturated heterocycles. The fraction of sp³-hybridized carbons (Fsp3) is 0.321. The maximum Gasteiger partial charge on any atom is 0.213 e. The third-order valence-electron chi connectivity index (χ3n) is 6.08. The molecule has 4 aromatic rings. The summed E-state index contributed by atoms with van der Waals surface area (Å²) in [4.78, 5) is 34.3.